The van der Waals surface area contributed by atoms with Crippen molar-refractivity contribution in [3.8, 4) is 22.8 Å². The van der Waals surface area contributed by atoms with Gasteiger partial charge in [-0.05, 0) is 29.8 Å². The molecule has 0 bridgehead atoms. The highest BCUT2D eigenvalue weighted by atomic mass is 32.1. The molecule has 0 spiro atoms. The van der Waals surface area contributed by atoms with Crippen LogP contribution in [0.2, 0.25) is 0 Å². The molecule has 0 aliphatic carbocycles. The van der Waals surface area contributed by atoms with Crippen LogP contribution in [-0.4, -0.2) is 44.7 Å². The summed E-state index contributed by atoms with van der Waals surface area (Å²) in [7, 11) is 3.20. The molecule has 2 aromatic carbocycles. The maximum Gasteiger partial charge on any atom is 0.276 e. The molecule has 0 aliphatic rings. The van der Waals surface area contributed by atoms with Crippen molar-refractivity contribution in [2.75, 3.05) is 19.5 Å². The number of benzene rings is 2. The van der Waals surface area contributed by atoms with E-state index in [4.69, 9.17) is 9.47 Å². The smallest absolute Gasteiger partial charge is 0.276 e. The van der Waals surface area contributed by atoms with E-state index in [2.05, 4.69) is 25.4 Å². The second kappa shape index (κ2) is 9.39. The highest BCUT2D eigenvalue weighted by Gasteiger charge is 2.16. The molecule has 1 amide bonds. The lowest BCUT2D eigenvalue weighted by molar-refractivity contribution is 0.102. The molecule has 3 aromatic heterocycles. The largest absolute Gasteiger partial charge is 0.497 e. The number of aromatic amines is 1. The Labute approximate surface area is 203 Å². The standard InChI is InChI=1S/C24H20N6O4S/c1-33-16-8-6-14(7-9-16)10-20-25-18(12-21(31)26-20)22(32)27-23-28-24-30(29-23)19(13-35-24)15-4-3-5-17(11-15)34-2/h3-9,11-13H,10H2,1-2H3,(H,25,26,31)(H,27,29,32). The van der Waals surface area contributed by atoms with Crippen LogP contribution >= 0.6 is 11.3 Å². The molecule has 0 aliphatic heterocycles. The van der Waals surface area contributed by atoms with Crippen LogP contribution in [0.4, 0.5) is 5.95 Å². The predicted molar refractivity (Wildman–Crippen MR) is 131 cm³/mol. The van der Waals surface area contributed by atoms with Gasteiger partial charge in [0.1, 0.15) is 23.0 Å². The number of rotatable bonds is 7. The summed E-state index contributed by atoms with van der Waals surface area (Å²) in [6, 6.07) is 16.1. The number of H-pyrrole nitrogens is 1. The number of nitrogens with zero attached hydrogens (tertiary/aromatic N) is 4. The SMILES string of the molecule is COc1ccc(Cc2nc(C(=O)Nc3nc4scc(-c5cccc(OC)c5)n4n3)cc(=O)[nH]2)cc1. The van der Waals surface area contributed by atoms with Crippen molar-refractivity contribution in [3.63, 3.8) is 0 Å². The molecule has 5 rings (SSSR count). The normalized spacial score (nSPS) is 10.9. The number of hydrogen-bond donors (Lipinski definition) is 2. The van der Waals surface area contributed by atoms with Crippen LogP contribution < -0.4 is 20.3 Å². The van der Waals surface area contributed by atoms with Crippen molar-refractivity contribution in [1.82, 2.24) is 24.6 Å². The van der Waals surface area contributed by atoms with Crippen LogP contribution in [0.1, 0.15) is 21.9 Å². The average molecular weight is 489 g/mol. The summed E-state index contributed by atoms with van der Waals surface area (Å²) >= 11 is 1.39. The van der Waals surface area contributed by atoms with Crippen LogP contribution in [0.5, 0.6) is 11.5 Å². The number of amides is 1. The van der Waals surface area contributed by atoms with E-state index < -0.39 is 11.5 Å². The number of anilines is 1. The number of nitrogens with one attached hydrogen (secondary N) is 2. The minimum absolute atomic E-state index is 0.0246. The fourth-order valence-corrected chi connectivity index (χ4v) is 4.36. The number of aromatic nitrogens is 5. The van der Waals surface area contributed by atoms with Crippen LogP contribution in [0.25, 0.3) is 16.2 Å². The molecule has 0 saturated carbocycles. The summed E-state index contributed by atoms with van der Waals surface area (Å²) in [5.74, 6) is 1.36. The van der Waals surface area contributed by atoms with E-state index in [1.54, 1.807) is 18.7 Å². The van der Waals surface area contributed by atoms with Crippen LogP contribution in [0, 0.1) is 0 Å². The first kappa shape index (κ1) is 22.3. The monoisotopic (exact) mass is 488 g/mol. The van der Waals surface area contributed by atoms with Gasteiger partial charge in [0.05, 0.1) is 19.9 Å². The van der Waals surface area contributed by atoms with E-state index in [1.165, 1.54) is 11.3 Å². The summed E-state index contributed by atoms with van der Waals surface area (Å²) in [5, 5.41) is 8.98. The molecule has 0 unspecified atom stereocenters. The quantitative estimate of drug-likeness (QED) is 0.360. The number of methoxy groups -OCH3 is 2. The third-order valence-electron chi connectivity index (χ3n) is 5.23. The van der Waals surface area contributed by atoms with Gasteiger partial charge in [0.15, 0.2) is 0 Å². The number of thiazole rings is 1. The van der Waals surface area contributed by atoms with E-state index in [0.717, 1.165) is 34.4 Å². The number of hydrogen-bond acceptors (Lipinski definition) is 8. The van der Waals surface area contributed by atoms with Gasteiger partial charge < -0.3 is 14.5 Å². The highest BCUT2D eigenvalue weighted by Crippen LogP contribution is 2.28. The molecule has 3 heterocycles. The summed E-state index contributed by atoms with van der Waals surface area (Å²) in [5.41, 5.74) is 2.18. The molecule has 0 radical (unpaired) electrons. The van der Waals surface area contributed by atoms with Gasteiger partial charge in [-0.3, -0.25) is 14.9 Å². The van der Waals surface area contributed by atoms with Gasteiger partial charge in [0.2, 0.25) is 4.96 Å². The minimum atomic E-state index is -0.576. The van der Waals surface area contributed by atoms with E-state index in [0.29, 0.717) is 17.2 Å². The van der Waals surface area contributed by atoms with E-state index in [9.17, 15) is 9.59 Å². The Balaban J connectivity index is 1.37. The zero-order valence-electron chi connectivity index (χ0n) is 18.8. The molecule has 0 atom stereocenters. The average Bonchev–Trinajstić information content (AvgIpc) is 3.44. The highest BCUT2D eigenvalue weighted by molar-refractivity contribution is 7.15. The van der Waals surface area contributed by atoms with Gasteiger partial charge in [0.25, 0.3) is 17.4 Å². The molecule has 11 heteroatoms. The Morgan fingerprint density at radius 3 is 2.63 bits per heavy atom. The first-order chi connectivity index (χ1) is 17.0. The minimum Gasteiger partial charge on any atom is -0.497 e. The molecule has 176 valence electrons. The molecule has 5 aromatic rings. The number of carbonyl (C=O) groups excluding carboxylic acids is 1. The van der Waals surface area contributed by atoms with Crippen LogP contribution in [-0.2, 0) is 6.42 Å². The Morgan fingerprint density at radius 2 is 1.86 bits per heavy atom. The lowest BCUT2D eigenvalue weighted by atomic mass is 10.1. The Hall–Kier alpha value is -4.51. The van der Waals surface area contributed by atoms with Crippen molar-refractivity contribution >= 4 is 28.2 Å². The predicted octanol–water partition coefficient (Wildman–Crippen LogP) is 3.40. The molecular weight excluding hydrogens is 468 g/mol. The first-order valence-corrected chi connectivity index (χ1v) is 11.4. The van der Waals surface area contributed by atoms with E-state index in [-0.39, 0.29) is 11.6 Å². The molecule has 10 nitrogen and oxygen atoms in total. The van der Waals surface area contributed by atoms with Gasteiger partial charge >= 0.3 is 0 Å². The first-order valence-electron chi connectivity index (χ1n) is 10.6. The second-order valence-corrected chi connectivity index (χ2v) is 8.38. The Bertz CT molecular complexity index is 1570. The molecule has 0 saturated heterocycles. The summed E-state index contributed by atoms with van der Waals surface area (Å²) in [6.45, 7) is 0. The van der Waals surface area contributed by atoms with Crippen LogP contribution in [0.15, 0.2) is 64.8 Å². The molecule has 35 heavy (non-hydrogen) atoms. The van der Waals surface area contributed by atoms with E-state index >= 15 is 0 Å². The Morgan fingerprint density at radius 1 is 1.06 bits per heavy atom. The zero-order valence-corrected chi connectivity index (χ0v) is 19.6. The second-order valence-electron chi connectivity index (χ2n) is 7.54. The fraction of sp³-hybridized carbons (Fsp3) is 0.125. The van der Waals surface area contributed by atoms with Gasteiger partial charge in [0, 0.05) is 23.4 Å². The lowest BCUT2D eigenvalue weighted by Crippen LogP contribution is -2.21. The molecule has 0 fully saturated rings. The maximum absolute atomic E-state index is 12.8. The third kappa shape index (κ3) is 4.75. The fourth-order valence-electron chi connectivity index (χ4n) is 3.53. The van der Waals surface area contributed by atoms with Gasteiger partial charge in [-0.1, -0.05) is 24.3 Å². The van der Waals surface area contributed by atoms with Gasteiger partial charge in [-0.15, -0.1) is 16.4 Å². The summed E-state index contributed by atoms with van der Waals surface area (Å²) in [6.07, 6.45) is 0.350. The van der Waals surface area contributed by atoms with Gasteiger partial charge in [-0.2, -0.15) is 4.98 Å². The molecule has 2 N–H and O–H groups in total. The Kier molecular flexibility index (Phi) is 5.98. The van der Waals surface area contributed by atoms with Gasteiger partial charge in [-0.25, -0.2) is 9.50 Å². The summed E-state index contributed by atoms with van der Waals surface area (Å²) in [4.78, 5) is 37.0. The van der Waals surface area contributed by atoms with E-state index in [1.807, 2.05) is 53.9 Å². The van der Waals surface area contributed by atoms with Crippen molar-refractivity contribution < 1.29 is 14.3 Å². The lowest BCUT2D eigenvalue weighted by Gasteiger charge is -2.05. The van der Waals surface area contributed by atoms with Crippen LogP contribution in [0.3, 0.4) is 0 Å². The van der Waals surface area contributed by atoms with Crippen molar-refractivity contribution in [2.24, 2.45) is 0 Å². The van der Waals surface area contributed by atoms with Crippen molar-refractivity contribution in [3.05, 3.63) is 87.4 Å². The van der Waals surface area contributed by atoms with Crippen molar-refractivity contribution in [1.29, 1.82) is 0 Å². The molecular formula is C24H20N6O4S. The topological polar surface area (TPSA) is 124 Å². The van der Waals surface area contributed by atoms with Crippen molar-refractivity contribution in [2.45, 2.75) is 6.42 Å². The maximum atomic E-state index is 12.8. The number of ether oxygens (including phenoxy) is 2. The number of fused-ring (bicyclic) bond motifs is 1. The zero-order chi connectivity index (χ0) is 24.4. The summed E-state index contributed by atoms with van der Waals surface area (Å²) < 4.78 is 12.1. The third-order valence-corrected chi connectivity index (χ3v) is 6.04. The number of carbonyl (C=O) groups is 1.